The zero-order valence-electron chi connectivity index (χ0n) is 14.7. The van der Waals surface area contributed by atoms with Gasteiger partial charge < -0.3 is 5.32 Å². The van der Waals surface area contributed by atoms with Crippen LogP contribution >= 0.6 is 0 Å². The lowest BCUT2D eigenvalue weighted by Crippen LogP contribution is -2.28. The normalized spacial score (nSPS) is 11.8. The predicted octanol–water partition coefficient (Wildman–Crippen LogP) is 4.44. The smallest absolute Gasteiger partial charge is 0.0233 e. The summed E-state index contributed by atoms with van der Waals surface area (Å²) in [5, 5.41) is 3.49. The average Bonchev–Trinajstić information content (AvgIpc) is 2.49. The molecular formula is C19H34N2. The highest BCUT2D eigenvalue weighted by Crippen LogP contribution is 2.14. The highest BCUT2D eigenvalue weighted by molar-refractivity contribution is 5.23. The molecule has 0 spiro atoms. The standard InChI is InChI=1S/C19H34N2/c1-6-17(7-2)14-21(8-3)15-19-11-9-10-18(12-19)13-20-16(4)5/h9-12,16-17,20H,6-8,13-15H2,1-5H3. The Bertz CT molecular complexity index is 383. The Morgan fingerprint density at radius 3 is 2.29 bits per heavy atom. The lowest BCUT2D eigenvalue weighted by atomic mass is 10.0. The lowest BCUT2D eigenvalue weighted by molar-refractivity contribution is 0.226. The zero-order chi connectivity index (χ0) is 15.7. The summed E-state index contributed by atoms with van der Waals surface area (Å²) >= 11 is 0. The van der Waals surface area contributed by atoms with Gasteiger partial charge in [0.25, 0.3) is 0 Å². The molecule has 2 heteroatoms. The maximum atomic E-state index is 3.49. The predicted molar refractivity (Wildman–Crippen MR) is 93.4 cm³/mol. The lowest BCUT2D eigenvalue weighted by Gasteiger charge is -2.25. The van der Waals surface area contributed by atoms with Gasteiger partial charge in [0.05, 0.1) is 0 Å². The van der Waals surface area contributed by atoms with Crippen molar-refractivity contribution in [3.05, 3.63) is 35.4 Å². The van der Waals surface area contributed by atoms with Crippen LogP contribution in [0.2, 0.25) is 0 Å². The van der Waals surface area contributed by atoms with E-state index in [0.717, 1.165) is 25.6 Å². The number of rotatable bonds is 10. The third-order valence-electron chi connectivity index (χ3n) is 4.23. The minimum Gasteiger partial charge on any atom is -0.310 e. The van der Waals surface area contributed by atoms with Crippen LogP contribution in [0, 0.1) is 5.92 Å². The number of nitrogens with one attached hydrogen (secondary N) is 1. The van der Waals surface area contributed by atoms with Crippen molar-refractivity contribution in [2.24, 2.45) is 5.92 Å². The second-order valence-electron chi connectivity index (χ2n) is 6.37. The molecule has 0 aromatic heterocycles. The molecule has 0 aliphatic heterocycles. The van der Waals surface area contributed by atoms with E-state index in [-0.39, 0.29) is 0 Å². The maximum absolute atomic E-state index is 3.49. The molecule has 0 bridgehead atoms. The van der Waals surface area contributed by atoms with Gasteiger partial charge in [-0.2, -0.15) is 0 Å². The van der Waals surface area contributed by atoms with Gasteiger partial charge in [0, 0.05) is 25.7 Å². The van der Waals surface area contributed by atoms with E-state index >= 15 is 0 Å². The fourth-order valence-corrected chi connectivity index (χ4v) is 2.64. The van der Waals surface area contributed by atoms with Gasteiger partial charge in [0.15, 0.2) is 0 Å². The molecule has 0 saturated carbocycles. The van der Waals surface area contributed by atoms with Gasteiger partial charge >= 0.3 is 0 Å². The average molecular weight is 290 g/mol. The summed E-state index contributed by atoms with van der Waals surface area (Å²) in [4.78, 5) is 2.58. The number of hydrogen-bond acceptors (Lipinski definition) is 2. The molecule has 1 aromatic rings. The first-order valence-electron chi connectivity index (χ1n) is 8.62. The van der Waals surface area contributed by atoms with Crippen molar-refractivity contribution in [2.75, 3.05) is 13.1 Å². The Hall–Kier alpha value is -0.860. The van der Waals surface area contributed by atoms with E-state index < -0.39 is 0 Å². The molecule has 0 heterocycles. The number of benzene rings is 1. The van der Waals surface area contributed by atoms with E-state index in [0.29, 0.717) is 6.04 Å². The molecule has 1 rings (SSSR count). The van der Waals surface area contributed by atoms with E-state index in [1.165, 1.54) is 30.5 Å². The van der Waals surface area contributed by atoms with E-state index in [4.69, 9.17) is 0 Å². The van der Waals surface area contributed by atoms with Crippen LogP contribution in [0.5, 0.6) is 0 Å². The third-order valence-corrected chi connectivity index (χ3v) is 4.23. The van der Waals surface area contributed by atoms with Crippen molar-refractivity contribution < 1.29 is 0 Å². The minimum atomic E-state index is 0.538. The van der Waals surface area contributed by atoms with Crippen molar-refractivity contribution in [1.29, 1.82) is 0 Å². The van der Waals surface area contributed by atoms with Crippen LogP contribution < -0.4 is 5.32 Å². The summed E-state index contributed by atoms with van der Waals surface area (Å²) in [6.45, 7) is 15.7. The molecule has 0 atom stereocenters. The molecule has 0 fully saturated rings. The SMILES string of the molecule is CCC(CC)CN(CC)Cc1cccc(CNC(C)C)c1. The van der Waals surface area contributed by atoms with Crippen molar-refractivity contribution in [3.8, 4) is 0 Å². The molecule has 0 aliphatic carbocycles. The molecule has 0 radical (unpaired) electrons. The molecule has 0 unspecified atom stereocenters. The highest BCUT2D eigenvalue weighted by Gasteiger charge is 2.10. The molecule has 1 aromatic carbocycles. The fourth-order valence-electron chi connectivity index (χ4n) is 2.64. The Morgan fingerprint density at radius 1 is 1.05 bits per heavy atom. The highest BCUT2D eigenvalue weighted by atomic mass is 15.1. The molecule has 21 heavy (non-hydrogen) atoms. The van der Waals surface area contributed by atoms with Crippen molar-refractivity contribution >= 4 is 0 Å². The largest absolute Gasteiger partial charge is 0.310 e. The van der Waals surface area contributed by atoms with Gasteiger partial charge in [-0.1, -0.05) is 71.7 Å². The van der Waals surface area contributed by atoms with Crippen LogP contribution in [0.25, 0.3) is 0 Å². The van der Waals surface area contributed by atoms with E-state index in [1.54, 1.807) is 0 Å². The zero-order valence-corrected chi connectivity index (χ0v) is 14.7. The van der Waals surface area contributed by atoms with Crippen molar-refractivity contribution in [3.63, 3.8) is 0 Å². The molecule has 0 aliphatic rings. The first-order valence-corrected chi connectivity index (χ1v) is 8.62. The topological polar surface area (TPSA) is 15.3 Å². The summed E-state index contributed by atoms with van der Waals surface area (Å²) in [7, 11) is 0. The van der Waals surface area contributed by atoms with Gasteiger partial charge in [-0.25, -0.2) is 0 Å². The Labute approximate surface area is 131 Å². The monoisotopic (exact) mass is 290 g/mol. The van der Waals surface area contributed by atoms with Crippen LogP contribution in [0.15, 0.2) is 24.3 Å². The van der Waals surface area contributed by atoms with Crippen LogP contribution in [0.4, 0.5) is 0 Å². The summed E-state index contributed by atoms with van der Waals surface area (Å²) in [6, 6.07) is 9.56. The second-order valence-corrected chi connectivity index (χ2v) is 6.37. The first kappa shape index (κ1) is 18.2. The van der Waals surface area contributed by atoms with E-state index in [1.807, 2.05) is 0 Å². The summed E-state index contributed by atoms with van der Waals surface area (Å²) < 4.78 is 0. The van der Waals surface area contributed by atoms with E-state index in [2.05, 4.69) is 69.1 Å². The van der Waals surface area contributed by atoms with E-state index in [9.17, 15) is 0 Å². The minimum absolute atomic E-state index is 0.538. The quantitative estimate of drug-likeness (QED) is 0.685. The van der Waals surface area contributed by atoms with Crippen LogP contribution in [-0.4, -0.2) is 24.0 Å². The summed E-state index contributed by atoms with van der Waals surface area (Å²) in [6.07, 6.45) is 2.57. The van der Waals surface area contributed by atoms with Crippen LogP contribution in [0.3, 0.4) is 0 Å². The Balaban J connectivity index is 2.60. The van der Waals surface area contributed by atoms with Crippen molar-refractivity contribution in [2.45, 2.75) is 66.6 Å². The second kappa shape index (κ2) is 9.97. The van der Waals surface area contributed by atoms with Crippen LogP contribution in [-0.2, 0) is 13.1 Å². The number of nitrogens with zero attached hydrogens (tertiary/aromatic N) is 1. The third kappa shape index (κ3) is 7.10. The van der Waals surface area contributed by atoms with Gasteiger partial charge in [-0.3, -0.25) is 4.90 Å². The first-order chi connectivity index (χ1) is 10.1. The summed E-state index contributed by atoms with van der Waals surface area (Å²) in [5.74, 6) is 0.829. The summed E-state index contributed by atoms with van der Waals surface area (Å²) in [5.41, 5.74) is 2.82. The van der Waals surface area contributed by atoms with Gasteiger partial charge in [0.2, 0.25) is 0 Å². The Morgan fingerprint density at radius 2 is 1.71 bits per heavy atom. The molecule has 0 amide bonds. The maximum Gasteiger partial charge on any atom is 0.0233 e. The molecule has 1 N–H and O–H groups in total. The van der Waals surface area contributed by atoms with Gasteiger partial charge in [-0.15, -0.1) is 0 Å². The Kier molecular flexibility index (Phi) is 8.63. The molecule has 2 nitrogen and oxygen atoms in total. The van der Waals surface area contributed by atoms with Gasteiger partial charge in [0.1, 0.15) is 0 Å². The van der Waals surface area contributed by atoms with Gasteiger partial charge in [-0.05, 0) is 23.6 Å². The number of hydrogen-bond donors (Lipinski definition) is 1. The fraction of sp³-hybridized carbons (Fsp3) is 0.684. The molecular weight excluding hydrogens is 256 g/mol. The van der Waals surface area contributed by atoms with Crippen molar-refractivity contribution in [1.82, 2.24) is 10.2 Å². The molecule has 120 valence electrons. The molecule has 0 saturated heterocycles. The van der Waals surface area contributed by atoms with Crippen LogP contribution in [0.1, 0.15) is 58.6 Å².